The maximum absolute atomic E-state index is 11.0. The smallest absolute Gasteiger partial charge is 0.185 e. The average Bonchev–Trinajstić information content (AvgIpc) is 2.73. The number of carbonyl (C=O) groups excluding carboxylic acids is 1. The zero-order chi connectivity index (χ0) is 12.8. The van der Waals surface area contributed by atoms with Crippen molar-refractivity contribution in [2.75, 3.05) is 18.5 Å². The Balaban J connectivity index is 2.73. The molecule has 1 aromatic rings. The molecule has 0 unspecified atom stereocenters. The predicted octanol–water partition coefficient (Wildman–Crippen LogP) is 3.71. The quantitative estimate of drug-likeness (QED) is 0.549. The van der Waals surface area contributed by atoms with Crippen LogP contribution in [0, 0.1) is 0 Å². The Morgan fingerprint density at radius 1 is 1.41 bits per heavy atom. The van der Waals surface area contributed by atoms with Gasteiger partial charge in [-0.15, -0.1) is 0 Å². The van der Waals surface area contributed by atoms with Crippen molar-refractivity contribution in [2.45, 2.75) is 46.0 Å². The van der Waals surface area contributed by atoms with Gasteiger partial charge in [0.25, 0.3) is 0 Å². The number of anilines is 1. The molecule has 0 radical (unpaired) electrons. The van der Waals surface area contributed by atoms with Crippen LogP contribution in [0.3, 0.4) is 0 Å². The van der Waals surface area contributed by atoms with Crippen LogP contribution in [0.15, 0.2) is 0 Å². The molecule has 96 valence electrons. The fourth-order valence-electron chi connectivity index (χ4n) is 1.69. The summed E-state index contributed by atoms with van der Waals surface area (Å²) in [5, 5.41) is 0.965. The molecule has 0 aromatic carbocycles. The van der Waals surface area contributed by atoms with E-state index in [0.29, 0.717) is 5.92 Å². The van der Waals surface area contributed by atoms with E-state index in [1.54, 1.807) is 0 Å². The van der Waals surface area contributed by atoms with Crippen molar-refractivity contribution in [3.8, 4) is 0 Å². The second-order valence-corrected chi connectivity index (χ2v) is 5.66. The maximum atomic E-state index is 11.0. The Morgan fingerprint density at radius 2 is 2.12 bits per heavy atom. The number of hydrogen-bond acceptors (Lipinski definition) is 4. The average molecular weight is 254 g/mol. The van der Waals surface area contributed by atoms with Gasteiger partial charge in [-0.2, -0.15) is 0 Å². The van der Waals surface area contributed by atoms with E-state index >= 15 is 0 Å². The van der Waals surface area contributed by atoms with Crippen molar-refractivity contribution < 1.29 is 4.79 Å². The van der Waals surface area contributed by atoms with Crippen LogP contribution in [0.1, 0.15) is 61.3 Å². The van der Waals surface area contributed by atoms with Gasteiger partial charge in [0.1, 0.15) is 0 Å². The Hall–Kier alpha value is -0.900. The minimum Gasteiger partial charge on any atom is -0.351 e. The number of aromatic nitrogens is 1. The summed E-state index contributed by atoms with van der Waals surface area (Å²) in [5.74, 6) is 0.309. The van der Waals surface area contributed by atoms with Gasteiger partial charge in [0.05, 0.1) is 10.6 Å². The van der Waals surface area contributed by atoms with Crippen LogP contribution in [0.4, 0.5) is 5.13 Å². The Morgan fingerprint density at radius 3 is 2.59 bits per heavy atom. The second kappa shape index (κ2) is 6.74. The summed E-state index contributed by atoms with van der Waals surface area (Å²) in [4.78, 5) is 18.5. The number of rotatable bonds is 7. The molecule has 0 spiro atoms. The zero-order valence-electron chi connectivity index (χ0n) is 11.2. The fourth-order valence-corrected chi connectivity index (χ4v) is 2.71. The van der Waals surface area contributed by atoms with Crippen LogP contribution in [0.25, 0.3) is 0 Å². The third-order valence-electron chi connectivity index (χ3n) is 2.75. The van der Waals surface area contributed by atoms with Gasteiger partial charge in [0.2, 0.25) is 0 Å². The monoisotopic (exact) mass is 254 g/mol. The highest BCUT2D eigenvalue weighted by Crippen LogP contribution is 2.29. The summed E-state index contributed by atoms with van der Waals surface area (Å²) in [6.07, 6.45) is 4.58. The lowest BCUT2D eigenvalue weighted by molar-refractivity contribution is 0.112. The van der Waals surface area contributed by atoms with Gasteiger partial charge >= 0.3 is 0 Å². The van der Waals surface area contributed by atoms with Crippen LogP contribution < -0.4 is 4.90 Å². The second-order valence-electron chi connectivity index (χ2n) is 4.65. The normalized spacial score (nSPS) is 10.9. The van der Waals surface area contributed by atoms with E-state index in [4.69, 9.17) is 0 Å². The third kappa shape index (κ3) is 3.80. The predicted molar refractivity (Wildman–Crippen MR) is 74.4 cm³/mol. The molecule has 1 aromatic heterocycles. The molecule has 0 aliphatic heterocycles. The summed E-state index contributed by atoms with van der Waals surface area (Å²) in [6.45, 7) is 7.35. The molecule has 17 heavy (non-hydrogen) atoms. The van der Waals surface area contributed by atoms with E-state index in [9.17, 15) is 4.79 Å². The Kier molecular flexibility index (Phi) is 5.62. The van der Waals surface area contributed by atoms with E-state index in [-0.39, 0.29) is 0 Å². The molecule has 1 rings (SSSR count). The fraction of sp³-hybridized carbons (Fsp3) is 0.692. The number of aldehydes is 1. The van der Waals surface area contributed by atoms with Crippen LogP contribution in [-0.4, -0.2) is 24.9 Å². The summed E-state index contributed by atoms with van der Waals surface area (Å²) in [6, 6.07) is 0. The van der Waals surface area contributed by atoms with E-state index in [1.165, 1.54) is 30.6 Å². The highest BCUT2D eigenvalue weighted by Gasteiger charge is 2.15. The summed E-state index contributed by atoms with van der Waals surface area (Å²) in [7, 11) is 2.05. The number of carbonyl (C=O) groups is 1. The molecule has 0 amide bonds. The first kappa shape index (κ1) is 14.2. The van der Waals surface area contributed by atoms with Gasteiger partial charge in [0.15, 0.2) is 11.4 Å². The standard InChI is InChI=1S/C13H22N2OS/c1-5-6-7-8-15(4)13-14-12(10(2)3)11(9-16)17-13/h9-10H,5-8H2,1-4H3. The minimum atomic E-state index is 0.309. The Labute approximate surface area is 108 Å². The summed E-state index contributed by atoms with van der Waals surface area (Å²) >= 11 is 1.50. The van der Waals surface area contributed by atoms with Crippen LogP contribution in [-0.2, 0) is 0 Å². The molecule has 0 atom stereocenters. The number of unbranched alkanes of at least 4 members (excludes halogenated alkanes) is 2. The lowest BCUT2D eigenvalue weighted by Crippen LogP contribution is -2.18. The van der Waals surface area contributed by atoms with Crippen LogP contribution in [0.5, 0.6) is 0 Å². The first-order valence-corrected chi connectivity index (χ1v) is 7.08. The first-order chi connectivity index (χ1) is 8.10. The summed E-state index contributed by atoms with van der Waals surface area (Å²) < 4.78 is 0. The van der Waals surface area contributed by atoms with Gasteiger partial charge in [0, 0.05) is 13.6 Å². The van der Waals surface area contributed by atoms with Crippen LogP contribution >= 0.6 is 11.3 Å². The van der Waals surface area contributed by atoms with Crippen molar-refractivity contribution in [1.29, 1.82) is 0 Å². The molecule has 0 fully saturated rings. The lowest BCUT2D eigenvalue weighted by atomic mass is 10.1. The van der Waals surface area contributed by atoms with Crippen molar-refractivity contribution in [3.05, 3.63) is 10.6 Å². The molecular weight excluding hydrogens is 232 g/mol. The molecular formula is C13H22N2OS. The van der Waals surface area contributed by atoms with E-state index in [1.807, 2.05) is 7.05 Å². The molecule has 3 nitrogen and oxygen atoms in total. The van der Waals surface area contributed by atoms with Crippen molar-refractivity contribution in [3.63, 3.8) is 0 Å². The van der Waals surface area contributed by atoms with Crippen molar-refractivity contribution in [2.24, 2.45) is 0 Å². The molecule has 0 aliphatic carbocycles. The molecule has 0 saturated heterocycles. The van der Waals surface area contributed by atoms with Crippen molar-refractivity contribution in [1.82, 2.24) is 4.98 Å². The largest absolute Gasteiger partial charge is 0.351 e. The van der Waals surface area contributed by atoms with Gasteiger partial charge in [-0.3, -0.25) is 4.79 Å². The van der Waals surface area contributed by atoms with E-state index in [0.717, 1.165) is 28.5 Å². The highest BCUT2D eigenvalue weighted by atomic mass is 32.1. The van der Waals surface area contributed by atoms with E-state index in [2.05, 4.69) is 30.7 Å². The molecule has 0 N–H and O–H groups in total. The molecule has 0 saturated carbocycles. The molecule has 4 heteroatoms. The van der Waals surface area contributed by atoms with Gasteiger partial charge in [-0.1, -0.05) is 44.9 Å². The topological polar surface area (TPSA) is 33.2 Å². The van der Waals surface area contributed by atoms with Gasteiger partial charge in [-0.05, 0) is 12.3 Å². The number of hydrogen-bond donors (Lipinski definition) is 0. The zero-order valence-corrected chi connectivity index (χ0v) is 12.0. The first-order valence-electron chi connectivity index (χ1n) is 6.27. The lowest BCUT2D eigenvalue weighted by Gasteiger charge is -2.15. The molecule has 1 heterocycles. The van der Waals surface area contributed by atoms with Crippen LogP contribution in [0.2, 0.25) is 0 Å². The molecule has 0 aliphatic rings. The van der Waals surface area contributed by atoms with Gasteiger partial charge < -0.3 is 4.90 Å². The van der Waals surface area contributed by atoms with Crippen molar-refractivity contribution >= 4 is 22.8 Å². The third-order valence-corrected chi connectivity index (χ3v) is 3.86. The van der Waals surface area contributed by atoms with Gasteiger partial charge in [-0.25, -0.2) is 4.98 Å². The Bertz CT molecular complexity index is 360. The number of thiazole rings is 1. The SMILES string of the molecule is CCCCCN(C)c1nc(C(C)C)c(C=O)s1. The number of nitrogens with zero attached hydrogens (tertiary/aromatic N) is 2. The maximum Gasteiger partial charge on any atom is 0.185 e. The molecule has 0 bridgehead atoms. The summed E-state index contributed by atoms with van der Waals surface area (Å²) in [5.41, 5.74) is 0.933. The highest BCUT2D eigenvalue weighted by molar-refractivity contribution is 7.17. The minimum absolute atomic E-state index is 0.309. The van der Waals surface area contributed by atoms with E-state index < -0.39 is 0 Å².